The Morgan fingerprint density at radius 1 is 1.37 bits per heavy atom. The molecule has 4 nitrogen and oxygen atoms in total. The van der Waals surface area contributed by atoms with E-state index in [-0.39, 0.29) is 5.84 Å². The van der Waals surface area contributed by atoms with Gasteiger partial charge in [0.25, 0.3) is 0 Å². The zero-order chi connectivity index (χ0) is 13.7. The summed E-state index contributed by atoms with van der Waals surface area (Å²) in [5, 5.41) is 8.11. The highest BCUT2D eigenvalue weighted by Gasteiger charge is 2.11. The molecule has 0 radical (unpaired) electrons. The van der Waals surface area contributed by atoms with Gasteiger partial charge >= 0.3 is 0 Å². The fraction of sp³-hybridized carbons (Fsp3) is 0.500. The number of halogens is 1. The predicted molar refractivity (Wildman–Crippen MR) is 78.3 cm³/mol. The maximum Gasteiger partial charge on any atom is 0.131 e. The monoisotopic (exact) mass is 281 g/mol. The Kier molecular flexibility index (Phi) is 5.05. The van der Waals surface area contributed by atoms with Gasteiger partial charge in [-0.25, -0.2) is 0 Å². The number of ether oxygens (including phenoxy) is 1. The summed E-state index contributed by atoms with van der Waals surface area (Å²) in [6.45, 7) is 4.10. The van der Waals surface area contributed by atoms with Gasteiger partial charge in [0.2, 0.25) is 0 Å². The number of benzene rings is 1. The lowest BCUT2D eigenvalue weighted by atomic mass is 10.2. The van der Waals surface area contributed by atoms with Crippen molar-refractivity contribution in [3.63, 3.8) is 0 Å². The predicted octanol–water partition coefficient (Wildman–Crippen LogP) is 2.49. The highest BCUT2D eigenvalue weighted by Crippen LogP contribution is 2.23. The van der Waals surface area contributed by atoms with Gasteiger partial charge in [-0.05, 0) is 50.6 Å². The number of rotatable bonds is 6. The minimum Gasteiger partial charge on any atom is -0.493 e. The number of hydrogen-bond acceptors (Lipinski definition) is 3. The molecule has 0 atom stereocenters. The topological polar surface area (TPSA) is 62.3 Å². The van der Waals surface area contributed by atoms with Crippen LogP contribution in [0.3, 0.4) is 0 Å². The van der Waals surface area contributed by atoms with Crippen molar-refractivity contribution in [2.24, 2.45) is 5.73 Å². The molecule has 2 rings (SSSR count). The molecule has 19 heavy (non-hydrogen) atoms. The second-order valence-corrected chi connectivity index (χ2v) is 5.24. The third kappa shape index (κ3) is 4.11. The van der Waals surface area contributed by atoms with Crippen LogP contribution in [-0.4, -0.2) is 37.0 Å². The van der Waals surface area contributed by atoms with Gasteiger partial charge in [0.1, 0.15) is 11.6 Å². The first kappa shape index (κ1) is 14.2. The van der Waals surface area contributed by atoms with Crippen LogP contribution < -0.4 is 10.5 Å². The molecule has 0 unspecified atom stereocenters. The molecule has 5 heteroatoms. The number of amidine groups is 1. The largest absolute Gasteiger partial charge is 0.493 e. The second kappa shape index (κ2) is 6.78. The van der Waals surface area contributed by atoms with Gasteiger partial charge in [-0.2, -0.15) is 0 Å². The molecule has 0 aromatic heterocycles. The van der Waals surface area contributed by atoms with Crippen LogP contribution in [0.2, 0.25) is 5.02 Å². The van der Waals surface area contributed by atoms with Crippen molar-refractivity contribution in [3.05, 3.63) is 28.8 Å². The van der Waals surface area contributed by atoms with Gasteiger partial charge in [-0.1, -0.05) is 11.6 Å². The van der Waals surface area contributed by atoms with Gasteiger partial charge in [-0.3, -0.25) is 5.41 Å². The van der Waals surface area contributed by atoms with Crippen LogP contribution in [0.1, 0.15) is 24.8 Å². The van der Waals surface area contributed by atoms with E-state index in [4.69, 9.17) is 27.5 Å². The van der Waals surface area contributed by atoms with Crippen LogP contribution >= 0.6 is 11.6 Å². The Labute approximate surface area is 119 Å². The lowest BCUT2D eigenvalue weighted by molar-refractivity contribution is 0.263. The third-order valence-electron chi connectivity index (χ3n) is 3.31. The number of nitrogens with one attached hydrogen (secondary N) is 1. The van der Waals surface area contributed by atoms with Crippen molar-refractivity contribution in [2.45, 2.75) is 19.3 Å². The third-order valence-corrected chi connectivity index (χ3v) is 3.54. The van der Waals surface area contributed by atoms with Crippen LogP contribution in [0.5, 0.6) is 5.75 Å². The van der Waals surface area contributed by atoms with Gasteiger partial charge in [-0.15, -0.1) is 0 Å². The Morgan fingerprint density at radius 2 is 2.11 bits per heavy atom. The quantitative estimate of drug-likeness (QED) is 0.478. The molecule has 0 bridgehead atoms. The first-order valence-corrected chi connectivity index (χ1v) is 7.04. The minimum absolute atomic E-state index is 0.00575. The van der Waals surface area contributed by atoms with Crippen molar-refractivity contribution in [1.29, 1.82) is 5.41 Å². The number of likely N-dealkylation sites (tertiary alicyclic amines) is 1. The standard InChI is InChI=1S/C14H20ClN3O/c15-11-4-5-12(14(16)17)13(10-11)19-9-3-8-18-6-1-2-7-18/h4-5,10H,1-3,6-9H2,(H3,16,17). The van der Waals surface area contributed by atoms with E-state index < -0.39 is 0 Å². The Balaban J connectivity index is 1.84. The van der Waals surface area contributed by atoms with Crippen molar-refractivity contribution in [1.82, 2.24) is 4.90 Å². The highest BCUT2D eigenvalue weighted by molar-refractivity contribution is 6.30. The average Bonchev–Trinajstić information content (AvgIpc) is 2.87. The second-order valence-electron chi connectivity index (χ2n) is 4.80. The fourth-order valence-electron chi connectivity index (χ4n) is 2.31. The van der Waals surface area contributed by atoms with Crippen molar-refractivity contribution >= 4 is 17.4 Å². The molecule has 0 spiro atoms. The van der Waals surface area contributed by atoms with Crippen molar-refractivity contribution in [2.75, 3.05) is 26.2 Å². The molecule has 3 N–H and O–H groups in total. The van der Waals surface area contributed by atoms with Gasteiger partial charge < -0.3 is 15.4 Å². The molecular formula is C14H20ClN3O. The lowest BCUT2D eigenvalue weighted by Crippen LogP contribution is -2.22. The lowest BCUT2D eigenvalue weighted by Gasteiger charge is -2.15. The van der Waals surface area contributed by atoms with Gasteiger partial charge in [0.15, 0.2) is 0 Å². The molecule has 1 aliphatic rings. The Hall–Kier alpha value is -1.26. The summed E-state index contributed by atoms with van der Waals surface area (Å²) >= 11 is 5.94. The molecule has 1 saturated heterocycles. The summed E-state index contributed by atoms with van der Waals surface area (Å²) in [6, 6.07) is 5.16. The van der Waals surface area contributed by atoms with E-state index >= 15 is 0 Å². The smallest absolute Gasteiger partial charge is 0.131 e. The van der Waals surface area contributed by atoms with Gasteiger partial charge in [0.05, 0.1) is 12.2 Å². The van der Waals surface area contributed by atoms with Crippen LogP contribution in [0.25, 0.3) is 0 Å². The molecular weight excluding hydrogens is 262 g/mol. The summed E-state index contributed by atoms with van der Waals surface area (Å²) in [4.78, 5) is 2.45. The molecule has 1 aromatic rings. The molecule has 104 valence electrons. The van der Waals surface area contributed by atoms with E-state index in [9.17, 15) is 0 Å². The van der Waals surface area contributed by atoms with E-state index in [1.807, 2.05) is 0 Å². The normalized spacial score (nSPS) is 15.6. The highest BCUT2D eigenvalue weighted by atomic mass is 35.5. The molecule has 1 heterocycles. The molecule has 0 saturated carbocycles. The van der Waals surface area contributed by atoms with E-state index in [2.05, 4.69) is 4.90 Å². The molecule has 1 aliphatic heterocycles. The summed E-state index contributed by atoms with van der Waals surface area (Å²) in [5.41, 5.74) is 6.12. The first-order valence-electron chi connectivity index (χ1n) is 6.66. The Morgan fingerprint density at radius 3 is 2.79 bits per heavy atom. The van der Waals surface area contributed by atoms with Crippen LogP contribution in [-0.2, 0) is 0 Å². The molecule has 1 aromatic carbocycles. The maximum absolute atomic E-state index is 7.51. The number of hydrogen-bond donors (Lipinski definition) is 2. The summed E-state index contributed by atoms with van der Waals surface area (Å²) in [6.07, 6.45) is 3.59. The average molecular weight is 282 g/mol. The van der Waals surface area contributed by atoms with E-state index in [0.29, 0.717) is 22.9 Å². The number of nitrogen functional groups attached to an aromatic ring is 1. The molecule has 0 amide bonds. The van der Waals surface area contributed by atoms with Crippen molar-refractivity contribution < 1.29 is 4.74 Å². The maximum atomic E-state index is 7.51. The molecule has 0 aliphatic carbocycles. The zero-order valence-corrected chi connectivity index (χ0v) is 11.7. The van der Waals surface area contributed by atoms with E-state index in [1.54, 1.807) is 18.2 Å². The van der Waals surface area contributed by atoms with E-state index in [0.717, 1.165) is 13.0 Å². The summed E-state index contributed by atoms with van der Waals surface area (Å²) in [5.74, 6) is 0.604. The molecule has 1 fully saturated rings. The summed E-state index contributed by atoms with van der Waals surface area (Å²) < 4.78 is 5.71. The first-order chi connectivity index (χ1) is 9.16. The number of nitrogens with two attached hydrogens (primary N) is 1. The van der Waals surface area contributed by atoms with Crippen LogP contribution in [0.4, 0.5) is 0 Å². The summed E-state index contributed by atoms with van der Waals surface area (Å²) in [7, 11) is 0. The SMILES string of the molecule is N=C(N)c1ccc(Cl)cc1OCCCN1CCCC1. The van der Waals surface area contributed by atoms with Crippen molar-refractivity contribution in [3.8, 4) is 5.75 Å². The Bertz CT molecular complexity index is 444. The zero-order valence-electron chi connectivity index (χ0n) is 11.0. The number of nitrogens with zero attached hydrogens (tertiary/aromatic N) is 1. The van der Waals surface area contributed by atoms with Crippen LogP contribution in [0, 0.1) is 5.41 Å². The minimum atomic E-state index is 0.00575. The van der Waals surface area contributed by atoms with Crippen LogP contribution in [0.15, 0.2) is 18.2 Å². The van der Waals surface area contributed by atoms with E-state index in [1.165, 1.54) is 25.9 Å². The van der Waals surface area contributed by atoms with Gasteiger partial charge in [0, 0.05) is 11.6 Å². The fourth-order valence-corrected chi connectivity index (χ4v) is 2.48.